The Morgan fingerprint density at radius 3 is 1.61 bits per heavy atom. The van der Waals surface area contributed by atoms with Crippen molar-refractivity contribution in [1.29, 1.82) is 0 Å². The first-order valence-corrected chi connectivity index (χ1v) is 25.4. The van der Waals surface area contributed by atoms with Gasteiger partial charge in [-0.1, -0.05) is 201 Å². The fraction of sp³-hybridized carbons (Fsp3) is 0.333. The number of anilines is 2. The van der Waals surface area contributed by atoms with Crippen molar-refractivity contribution in [3.05, 3.63) is 209 Å². The Morgan fingerprint density at radius 2 is 1.01 bits per heavy atom. The molecule has 72 heavy (non-hydrogen) atoms. The van der Waals surface area contributed by atoms with Crippen LogP contribution in [0.25, 0.3) is 27.6 Å². The third-order valence-electron chi connectivity index (χ3n) is 14.6. The summed E-state index contributed by atoms with van der Waals surface area (Å²) in [5.74, 6) is 2.05. The van der Waals surface area contributed by atoms with Crippen LogP contribution in [-0.2, 0) is 42.7 Å². The number of hydrogen-bond donors (Lipinski definition) is 0. The van der Waals surface area contributed by atoms with Crippen LogP contribution in [0.15, 0.2) is 157 Å². The molecule has 5 nitrogen and oxygen atoms in total. The second-order valence-electron chi connectivity index (χ2n) is 24.9. The number of allylic oxidation sites excluding steroid dienone is 2. The Labute approximate surface area is 445 Å². The van der Waals surface area contributed by atoms with Crippen LogP contribution in [0, 0.1) is 29.6 Å². The van der Waals surface area contributed by atoms with Crippen LogP contribution in [-0.4, -0.2) is 9.55 Å². The molecule has 1 aliphatic heterocycles. The number of nitrogens with zero attached hydrogens (tertiary/aromatic N) is 4. The van der Waals surface area contributed by atoms with E-state index in [2.05, 4.69) is 283 Å². The van der Waals surface area contributed by atoms with Gasteiger partial charge in [0.2, 0.25) is 0 Å². The summed E-state index contributed by atoms with van der Waals surface area (Å²) >= 11 is 0. The molecule has 3 heterocycles. The van der Waals surface area contributed by atoms with Crippen molar-refractivity contribution in [2.24, 2.45) is 10.8 Å². The van der Waals surface area contributed by atoms with Crippen molar-refractivity contribution in [2.75, 3.05) is 9.80 Å². The van der Waals surface area contributed by atoms with E-state index in [4.69, 9.17) is 9.72 Å². The van der Waals surface area contributed by atoms with Gasteiger partial charge in [0.05, 0.1) is 0 Å². The van der Waals surface area contributed by atoms with Crippen molar-refractivity contribution in [3.63, 3.8) is 0 Å². The monoisotopic (exact) mass is 1130 g/mol. The summed E-state index contributed by atoms with van der Waals surface area (Å²) in [4.78, 5) is 9.85. The maximum atomic E-state index is 7.12. The topological polar surface area (TPSA) is 33.5 Å². The number of ether oxygens (including phenoxy) is 1. The van der Waals surface area contributed by atoms with E-state index in [1.165, 1.54) is 39.2 Å². The van der Waals surface area contributed by atoms with E-state index in [9.17, 15) is 0 Å². The van der Waals surface area contributed by atoms with Crippen LogP contribution >= 0.6 is 0 Å². The number of hydrogen-bond acceptors (Lipinski definition) is 4. The minimum absolute atomic E-state index is 0. The summed E-state index contributed by atoms with van der Waals surface area (Å²) < 4.78 is 9.38. The standard InChI is InChI=1S/C66H73N4O.Pt/c1-61(2,3)46-28-23-29-50(36-46)68-43-69(60(64(10,11)12)59(68)63(7,8)9)51-37-49(66(15,16)45-26-21-18-22-27-45)38-53(41-51)71-52-31-32-54-55-39-47(62(4,5)6)30-33-56(55)70(57(54)42-52)58-40-48(34-35-67-58)65(13,14)44-24-19-17-20-25-44;/h17-40,43H,1-16H3;/q-3;. The average molecular weight is 1130 g/mol. The third kappa shape index (κ3) is 9.96. The van der Waals surface area contributed by atoms with E-state index in [1.807, 2.05) is 6.20 Å². The Bertz CT molecular complexity index is 3300. The van der Waals surface area contributed by atoms with Crippen LogP contribution in [0.4, 0.5) is 11.4 Å². The van der Waals surface area contributed by atoms with Gasteiger partial charge in [-0.05, 0) is 79.8 Å². The fourth-order valence-electron chi connectivity index (χ4n) is 10.2. The van der Waals surface area contributed by atoms with Gasteiger partial charge in [-0.25, -0.2) is 4.98 Å². The normalized spacial score (nSPS) is 14.1. The zero-order chi connectivity index (χ0) is 51.1. The van der Waals surface area contributed by atoms with Gasteiger partial charge in [0, 0.05) is 77.6 Å². The number of pyridine rings is 1. The van der Waals surface area contributed by atoms with E-state index < -0.39 is 0 Å². The molecule has 0 radical (unpaired) electrons. The first-order chi connectivity index (χ1) is 33.2. The molecule has 0 saturated heterocycles. The Kier molecular flexibility index (Phi) is 13.7. The van der Waals surface area contributed by atoms with E-state index in [1.54, 1.807) is 0 Å². The van der Waals surface area contributed by atoms with Gasteiger partial charge in [-0.3, -0.25) is 0 Å². The Balaban J connectivity index is 0.00000693. The molecule has 0 atom stereocenters. The number of benzene rings is 6. The van der Waals surface area contributed by atoms with E-state index in [0.717, 1.165) is 44.6 Å². The van der Waals surface area contributed by atoms with Crippen LogP contribution in [0.2, 0.25) is 0 Å². The molecule has 0 amide bonds. The van der Waals surface area contributed by atoms with Crippen LogP contribution in [0.3, 0.4) is 0 Å². The second-order valence-corrected chi connectivity index (χ2v) is 24.9. The molecular weight excluding hydrogens is 1060 g/mol. The van der Waals surface area contributed by atoms with Crippen LogP contribution in [0.5, 0.6) is 11.5 Å². The molecule has 6 aromatic carbocycles. The maximum absolute atomic E-state index is 7.12. The van der Waals surface area contributed by atoms with Gasteiger partial charge in [-0.15, -0.1) is 53.6 Å². The van der Waals surface area contributed by atoms with Crippen molar-refractivity contribution in [1.82, 2.24) is 9.55 Å². The molecule has 0 spiro atoms. The third-order valence-corrected chi connectivity index (χ3v) is 14.6. The molecule has 9 rings (SSSR count). The maximum Gasteiger partial charge on any atom is 0.135 e. The van der Waals surface area contributed by atoms with Gasteiger partial charge in [-0.2, -0.15) is 6.07 Å². The molecule has 0 N–H and O–H groups in total. The fourth-order valence-corrected chi connectivity index (χ4v) is 10.2. The minimum Gasteiger partial charge on any atom is -0.509 e. The zero-order valence-electron chi connectivity index (χ0n) is 45.4. The molecule has 0 fully saturated rings. The van der Waals surface area contributed by atoms with Gasteiger partial charge in [0.15, 0.2) is 0 Å². The summed E-state index contributed by atoms with van der Waals surface area (Å²) in [5.41, 5.74) is 12.7. The predicted octanol–water partition coefficient (Wildman–Crippen LogP) is 17.6. The quantitative estimate of drug-likeness (QED) is 0.135. The molecule has 376 valence electrons. The predicted molar refractivity (Wildman–Crippen MR) is 299 cm³/mol. The van der Waals surface area contributed by atoms with Crippen molar-refractivity contribution in [2.45, 2.75) is 132 Å². The molecule has 0 unspecified atom stereocenters. The first-order valence-electron chi connectivity index (χ1n) is 25.4. The second kappa shape index (κ2) is 18.9. The summed E-state index contributed by atoms with van der Waals surface area (Å²) in [7, 11) is 0. The van der Waals surface area contributed by atoms with Crippen molar-refractivity contribution < 1.29 is 25.8 Å². The van der Waals surface area contributed by atoms with E-state index in [-0.39, 0.29) is 53.6 Å². The number of rotatable bonds is 9. The van der Waals surface area contributed by atoms with E-state index in [0.29, 0.717) is 11.5 Å². The summed E-state index contributed by atoms with van der Waals surface area (Å²) in [6.45, 7) is 39.0. The van der Waals surface area contributed by atoms with Crippen molar-refractivity contribution in [3.8, 4) is 17.3 Å². The summed E-state index contributed by atoms with van der Waals surface area (Å²) in [5, 5.41) is 2.25. The molecule has 0 bridgehead atoms. The zero-order valence-corrected chi connectivity index (χ0v) is 47.7. The van der Waals surface area contributed by atoms with Gasteiger partial charge in [0.25, 0.3) is 0 Å². The Hall–Kier alpha value is -5.90. The molecule has 8 aromatic rings. The molecule has 0 saturated carbocycles. The average Bonchev–Trinajstić information content (AvgIpc) is 3.90. The first kappa shape index (κ1) is 52.4. The van der Waals surface area contributed by atoms with Gasteiger partial charge in [0.1, 0.15) is 5.82 Å². The van der Waals surface area contributed by atoms with E-state index >= 15 is 0 Å². The van der Waals surface area contributed by atoms with Crippen LogP contribution in [0.1, 0.15) is 144 Å². The minimum atomic E-state index is -0.378. The Morgan fingerprint density at radius 1 is 0.444 bits per heavy atom. The summed E-state index contributed by atoms with van der Waals surface area (Å²) in [6, 6.07) is 58.1. The number of aromatic nitrogens is 2. The smallest absolute Gasteiger partial charge is 0.135 e. The summed E-state index contributed by atoms with van der Waals surface area (Å²) in [6.07, 6.45) is 1.94. The van der Waals surface area contributed by atoms with Crippen molar-refractivity contribution >= 4 is 33.2 Å². The van der Waals surface area contributed by atoms with Gasteiger partial charge < -0.3 is 19.1 Å². The largest absolute Gasteiger partial charge is 0.509 e. The molecule has 6 heteroatoms. The molecule has 2 aromatic heterocycles. The molecular formula is C66H73N4OPt-3. The molecule has 1 aliphatic rings. The SMILES string of the molecule is CC(C)(C)C1=C(C(C)(C)C)N(c2cccc(C(C)(C)C)c2)[CH-]N1c1[c-]c(Oc2[c-]c3c(cc2)c2cc(C(C)(C)C)ccc2n3-c2cc(C(C)(C)c3ccccc3)ccn2)cc(C(C)(C)c2ccccc2)c1.[Pt]. The number of fused-ring (bicyclic) bond motifs is 3. The van der Waals surface area contributed by atoms with Gasteiger partial charge >= 0.3 is 0 Å². The molecule has 0 aliphatic carbocycles. The van der Waals surface area contributed by atoms with Crippen LogP contribution < -0.4 is 14.5 Å².